The van der Waals surface area contributed by atoms with Crippen molar-refractivity contribution in [3.05, 3.63) is 111 Å². The van der Waals surface area contributed by atoms with Gasteiger partial charge in [0.1, 0.15) is 12.6 Å². The Labute approximate surface area is 287 Å². The van der Waals surface area contributed by atoms with Crippen molar-refractivity contribution >= 4 is 55.2 Å². The average molecular weight is 773 g/mol. The van der Waals surface area contributed by atoms with Gasteiger partial charge in [0.15, 0.2) is 27.8 Å². The van der Waals surface area contributed by atoms with Crippen LogP contribution in [0.3, 0.4) is 0 Å². The van der Waals surface area contributed by atoms with E-state index in [9.17, 15) is 9.59 Å². The quantitative estimate of drug-likeness (QED) is 0.165. The summed E-state index contributed by atoms with van der Waals surface area (Å²) in [5.41, 5.74) is 2.68. The van der Waals surface area contributed by atoms with Gasteiger partial charge in [0.2, 0.25) is 0 Å². The number of methoxy groups -OCH3 is 2. The van der Waals surface area contributed by atoms with Crippen LogP contribution in [0.15, 0.2) is 84.6 Å². The van der Waals surface area contributed by atoms with Gasteiger partial charge in [-0.15, -0.1) is 0 Å². The van der Waals surface area contributed by atoms with Gasteiger partial charge in [-0.3, -0.25) is 9.36 Å². The summed E-state index contributed by atoms with van der Waals surface area (Å²) in [6.07, 6.45) is 1.77. The van der Waals surface area contributed by atoms with E-state index < -0.39 is 12.0 Å². The molecule has 0 bridgehead atoms. The molecule has 2 heterocycles. The first kappa shape index (κ1) is 33.5. The van der Waals surface area contributed by atoms with E-state index in [0.717, 1.165) is 10.0 Å². The number of carbonyl (C=O) groups excluding carboxylic acids is 1. The number of esters is 1. The number of hydrogen-bond donors (Lipinski definition) is 0. The van der Waals surface area contributed by atoms with Crippen LogP contribution in [0.2, 0.25) is 0 Å². The van der Waals surface area contributed by atoms with Gasteiger partial charge in [0.05, 0.1) is 47.7 Å². The summed E-state index contributed by atoms with van der Waals surface area (Å²) >= 11 is 8.30. The Morgan fingerprint density at radius 1 is 0.978 bits per heavy atom. The Morgan fingerprint density at radius 2 is 1.72 bits per heavy atom. The topological polar surface area (TPSA) is 97.6 Å². The highest BCUT2D eigenvalue weighted by molar-refractivity contribution is 9.10. The molecular formula is C34H32Br2N2O7S. The van der Waals surface area contributed by atoms with Crippen LogP contribution < -0.4 is 33.8 Å². The summed E-state index contributed by atoms with van der Waals surface area (Å²) in [7, 11) is 3.11. The van der Waals surface area contributed by atoms with Crippen molar-refractivity contribution in [3.8, 4) is 23.0 Å². The molecule has 1 aromatic heterocycles. The van der Waals surface area contributed by atoms with E-state index in [-0.39, 0.29) is 17.7 Å². The predicted octanol–water partition coefficient (Wildman–Crippen LogP) is 6.32. The summed E-state index contributed by atoms with van der Waals surface area (Å²) < 4.78 is 32.4. The maximum atomic E-state index is 14.2. The number of ether oxygens (including phenoxy) is 5. The molecule has 240 valence electrons. The first-order chi connectivity index (χ1) is 22.2. The maximum Gasteiger partial charge on any atom is 0.338 e. The fraction of sp³-hybridized carbons (Fsp3) is 0.265. The van der Waals surface area contributed by atoms with Crippen molar-refractivity contribution in [1.82, 2.24) is 4.57 Å². The van der Waals surface area contributed by atoms with Crippen LogP contribution in [0.5, 0.6) is 23.0 Å². The molecule has 12 heteroatoms. The third kappa shape index (κ3) is 6.79. The van der Waals surface area contributed by atoms with Crippen LogP contribution in [0.4, 0.5) is 0 Å². The number of carbonyl (C=O) groups is 1. The van der Waals surface area contributed by atoms with Crippen LogP contribution in [0.25, 0.3) is 6.08 Å². The standard InChI is InChI=1S/C34H32Br2N2O7S/c1-6-43-30-23(9-8-10-25(30)41-4)29-28(33(40)44-7-2)19(3)37-34-38(29)32(39)27(46-34)17-21-15-24(36)31(26(16-21)42-5)45-18-20-11-13-22(35)14-12-20/h8-17,29H,6-7,18H2,1-5H3/b27-17+/t29-/m0/s1. The lowest BCUT2D eigenvalue weighted by molar-refractivity contribution is -0.139. The molecule has 0 saturated heterocycles. The molecule has 0 N–H and O–H groups in total. The zero-order valence-corrected chi connectivity index (χ0v) is 29.9. The summed E-state index contributed by atoms with van der Waals surface area (Å²) in [5.74, 6) is 1.41. The molecule has 0 radical (unpaired) electrons. The van der Waals surface area contributed by atoms with Crippen molar-refractivity contribution in [2.45, 2.75) is 33.4 Å². The smallest absolute Gasteiger partial charge is 0.338 e. The van der Waals surface area contributed by atoms with Gasteiger partial charge in [0.25, 0.3) is 5.56 Å². The number of fused-ring (bicyclic) bond motifs is 1. The lowest BCUT2D eigenvalue weighted by Gasteiger charge is -2.26. The molecular weight excluding hydrogens is 740 g/mol. The first-order valence-electron chi connectivity index (χ1n) is 14.4. The van der Waals surface area contributed by atoms with Gasteiger partial charge in [-0.1, -0.05) is 51.5 Å². The molecule has 0 fully saturated rings. The number of para-hydroxylation sites is 1. The molecule has 0 aliphatic carbocycles. The molecule has 0 spiro atoms. The van der Waals surface area contributed by atoms with Crippen molar-refractivity contribution < 1.29 is 28.5 Å². The average Bonchev–Trinajstić information content (AvgIpc) is 3.34. The number of nitrogens with zero attached hydrogens (tertiary/aromatic N) is 2. The number of rotatable bonds is 11. The summed E-state index contributed by atoms with van der Waals surface area (Å²) in [5, 5.41) is 0. The van der Waals surface area contributed by atoms with Crippen LogP contribution in [-0.4, -0.2) is 38.0 Å². The Balaban J connectivity index is 1.62. The van der Waals surface area contributed by atoms with E-state index in [0.29, 0.717) is 66.8 Å². The summed E-state index contributed by atoms with van der Waals surface area (Å²) in [6, 6.07) is 16.1. The Hall–Kier alpha value is -3.87. The molecule has 0 amide bonds. The Bertz CT molecular complexity index is 1980. The van der Waals surface area contributed by atoms with Gasteiger partial charge < -0.3 is 23.7 Å². The van der Waals surface area contributed by atoms with E-state index in [1.54, 1.807) is 46.3 Å². The second kappa shape index (κ2) is 14.7. The lowest BCUT2D eigenvalue weighted by atomic mass is 9.94. The normalized spacial score (nSPS) is 14.4. The third-order valence-electron chi connectivity index (χ3n) is 7.18. The first-order valence-corrected chi connectivity index (χ1v) is 16.8. The summed E-state index contributed by atoms with van der Waals surface area (Å²) in [6.45, 7) is 6.20. The number of hydrogen-bond acceptors (Lipinski definition) is 9. The van der Waals surface area contributed by atoms with Gasteiger partial charge in [-0.05, 0) is 84.2 Å². The number of aromatic nitrogens is 1. The molecule has 1 atom stereocenters. The molecule has 46 heavy (non-hydrogen) atoms. The van der Waals surface area contributed by atoms with Crippen LogP contribution in [0, 0.1) is 0 Å². The third-order valence-corrected chi connectivity index (χ3v) is 9.28. The highest BCUT2D eigenvalue weighted by Crippen LogP contribution is 2.41. The minimum Gasteiger partial charge on any atom is -0.493 e. The lowest BCUT2D eigenvalue weighted by Crippen LogP contribution is -2.40. The van der Waals surface area contributed by atoms with Gasteiger partial charge in [0, 0.05) is 10.0 Å². The monoisotopic (exact) mass is 770 g/mol. The molecule has 0 unspecified atom stereocenters. The fourth-order valence-electron chi connectivity index (χ4n) is 5.14. The van der Waals surface area contributed by atoms with Crippen LogP contribution in [0.1, 0.15) is 43.5 Å². The fourth-order valence-corrected chi connectivity index (χ4v) is 7.03. The van der Waals surface area contributed by atoms with E-state index >= 15 is 0 Å². The van der Waals surface area contributed by atoms with Crippen molar-refractivity contribution in [3.63, 3.8) is 0 Å². The van der Waals surface area contributed by atoms with E-state index in [1.807, 2.05) is 49.4 Å². The maximum absolute atomic E-state index is 14.2. The predicted molar refractivity (Wildman–Crippen MR) is 184 cm³/mol. The van der Waals surface area contributed by atoms with Gasteiger partial charge >= 0.3 is 5.97 Å². The van der Waals surface area contributed by atoms with E-state index in [2.05, 4.69) is 36.9 Å². The van der Waals surface area contributed by atoms with Crippen LogP contribution >= 0.6 is 43.2 Å². The molecule has 5 rings (SSSR count). The number of allylic oxidation sites excluding steroid dienone is 1. The Kier molecular flexibility index (Phi) is 10.7. The SMILES string of the molecule is CCOC(=O)C1=C(C)N=c2s/c(=C/c3cc(Br)c(OCc4ccc(Br)cc4)c(OC)c3)c(=O)n2[C@H]1c1cccc(OC)c1OCC. The highest BCUT2D eigenvalue weighted by atomic mass is 79.9. The molecule has 9 nitrogen and oxygen atoms in total. The second-order valence-corrected chi connectivity index (χ2v) is 12.8. The van der Waals surface area contributed by atoms with Crippen LogP contribution in [-0.2, 0) is 16.1 Å². The summed E-state index contributed by atoms with van der Waals surface area (Å²) in [4.78, 5) is 32.7. The zero-order chi connectivity index (χ0) is 33.0. The minimum atomic E-state index is -0.857. The molecule has 3 aromatic carbocycles. The molecule has 4 aromatic rings. The Morgan fingerprint density at radius 3 is 2.39 bits per heavy atom. The second-order valence-electron chi connectivity index (χ2n) is 10.1. The van der Waals surface area contributed by atoms with Gasteiger partial charge in [-0.2, -0.15) is 0 Å². The number of halogens is 2. The van der Waals surface area contributed by atoms with Gasteiger partial charge in [-0.25, -0.2) is 9.79 Å². The highest BCUT2D eigenvalue weighted by Gasteiger charge is 2.36. The number of thiazole rings is 1. The molecule has 1 aliphatic rings. The van der Waals surface area contributed by atoms with Crippen molar-refractivity contribution in [2.75, 3.05) is 27.4 Å². The van der Waals surface area contributed by atoms with E-state index in [1.165, 1.54) is 15.9 Å². The number of benzene rings is 3. The minimum absolute atomic E-state index is 0.169. The largest absolute Gasteiger partial charge is 0.493 e. The zero-order valence-electron chi connectivity index (χ0n) is 25.9. The van der Waals surface area contributed by atoms with Crippen molar-refractivity contribution in [2.24, 2.45) is 4.99 Å². The van der Waals surface area contributed by atoms with E-state index in [4.69, 9.17) is 23.7 Å². The van der Waals surface area contributed by atoms with Crippen molar-refractivity contribution in [1.29, 1.82) is 0 Å². The molecule has 0 saturated carbocycles. The molecule has 1 aliphatic heterocycles.